The van der Waals surface area contributed by atoms with Crippen LogP contribution in [0.4, 0.5) is 0 Å². The van der Waals surface area contributed by atoms with Gasteiger partial charge >= 0.3 is 0 Å². The Kier molecular flexibility index (Phi) is 7.41. The summed E-state index contributed by atoms with van der Waals surface area (Å²) in [6.07, 6.45) is 0. The molecule has 0 fully saturated rings. The van der Waals surface area contributed by atoms with Gasteiger partial charge < -0.3 is 0 Å². The molecule has 2 amide bonds. The topological polar surface area (TPSA) is 109 Å². The van der Waals surface area contributed by atoms with Gasteiger partial charge in [0, 0.05) is 0 Å². The molecule has 0 bridgehead atoms. The van der Waals surface area contributed by atoms with Crippen LogP contribution in [-0.4, -0.2) is 43.3 Å². The number of fused-ring (bicyclic) bond motifs is 1. The number of nitrogens with zero attached hydrogens (tertiary/aromatic N) is 2. The Morgan fingerprint density at radius 3 is 1.39 bits per heavy atom. The molecule has 41 heavy (non-hydrogen) atoms. The van der Waals surface area contributed by atoms with Crippen LogP contribution in [0.1, 0.15) is 50.4 Å². The first-order valence-electron chi connectivity index (χ1n) is 12.9. The highest BCUT2D eigenvalue weighted by atomic mass is 32.3. The molecule has 8 nitrogen and oxygen atoms in total. The molecule has 0 aliphatic carbocycles. The van der Waals surface area contributed by atoms with Crippen molar-refractivity contribution in [2.45, 2.75) is 42.6 Å². The van der Waals surface area contributed by atoms with E-state index < -0.39 is 43.9 Å². The van der Waals surface area contributed by atoms with Gasteiger partial charge in [-0.05, 0) is 62.7 Å². The number of carbonyl (C=O) groups is 2. The summed E-state index contributed by atoms with van der Waals surface area (Å²) in [5, 5.41) is 0. The quantitative estimate of drug-likeness (QED) is 0.265. The number of hydrogen-bond acceptors (Lipinski definition) is 6. The van der Waals surface area contributed by atoms with E-state index in [0.717, 1.165) is 16.0 Å². The van der Waals surface area contributed by atoms with Gasteiger partial charge in [0.2, 0.25) is 0 Å². The second kappa shape index (κ2) is 10.7. The van der Waals surface area contributed by atoms with Gasteiger partial charge in [0.1, 0.15) is 0 Å². The molecule has 1 heterocycles. The number of aryl methyl sites for hydroxylation is 2. The minimum Gasteiger partial charge on any atom is -0.269 e. The molecule has 10 heteroatoms. The maximum absolute atomic E-state index is 14.4. The predicted molar refractivity (Wildman–Crippen MR) is 154 cm³/mol. The van der Waals surface area contributed by atoms with E-state index in [4.69, 9.17) is 0 Å². The average Bonchev–Trinajstić information content (AvgIpc) is 3.21. The summed E-state index contributed by atoms with van der Waals surface area (Å²) >= 11 is 0. The van der Waals surface area contributed by atoms with Crippen LogP contribution in [0.25, 0.3) is 0 Å². The summed E-state index contributed by atoms with van der Waals surface area (Å²) < 4.78 is 58.1. The van der Waals surface area contributed by atoms with Gasteiger partial charge in [0.15, 0.2) is 0 Å². The first-order chi connectivity index (χ1) is 19.4. The van der Waals surface area contributed by atoms with Crippen LogP contribution in [0.15, 0.2) is 113 Å². The van der Waals surface area contributed by atoms with Crippen molar-refractivity contribution in [2.75, 3.05) is 0 Å². The van der Waals surface area contributed by atoms with Gasteiger partial charge in [-0.15, -0.1) is 0 Å². The third kappa shape index (κ3) is 4.99. The fraction of sp³-hybridized carbons (Fsp3) is 0.161. The molecule has 0 spiro atoms. The summed E-state index contributed by atoms with van der Waals surface area (Å²) in [6.45, 7) is 5.06. The second-order valence-corrected chi connectivity index (χ2v) is 13.8. The Labute approximate surface area is 240 Å². The molecular weight excluding hydrogens is 560 g/mol. The SMILES string of the molecule is Cc1ccc(S(=O)(=O)N(C(c2ccccc2)C(C)N2C(=O)c3ccccc3C2=O)S(=O)(=O)c2ccc(C)cc2)cc1. The molecule has 5 rings (SSSR count). The lowest BCUT2D eigenvalue weighted by Gasteiger charge is -2.37. The number of benzene rings is 4. The van der Waals surface area contributed by atoms with Crippen molar-refractivity contribution in [1.82, 2.24) is 8.61 Å². The van der Waals surface area contributed by atoms with Gasteiger partial charge in [-0.25, -0.2) is 16.8 Å². The van der Waals surface area contributed by atoms with Crippen molar-refractivity contribution in [3.8, 4) is 0 Å². The van der Waals surface area contributed by atoms with Crippen molar-refractivity contribution < 1.29 is 26.4 Å². The van der Waals surface area contributed by atoms with Gasteiger partial charge in [-0.1, -0.05) is 81.6 Å². The second-order valence-electron chi connectivity index (χ2n) is 9.98. The molecule has 0 saturated heterocycles. The number of hydrogen-bond donors (Lipinski definition) is 0. The summed E-state index contributed by atoms with van der Waals surface area (Å²) in [4.78, 5) is 27.5. The predicted octanol–water partition coefficient (Wildman–Crippen LogP) is 5.11. The lowest BCUT2D eigenvalue weighted by Crippen LogP contribution is -2.50. The number of sulfonamides is 2. The van der Waals surface area contributed by atoms with Crippen molar-refractivity contribution in [3.63, 3.8) is 0 Å². The molecule has 1 aliphatic heterocycles. The van der Waals surface area contributed by atoms with E-state index in [1.54, 1.807) is 80.6 Å². The number of rotatable bonds is 8. The van der Waals surface area contributed by atoms with Gasteiger partial charge in [-0.3, -0.25) is 14.5 Å². The maximum Gasteiger partial charge on any atom is 0.261 e. The lowest BCUT2D eigenvalue weighted by atomic mass is 10.0. The smallest absolute Gasteiger partial charge is 0.261 e. The summed E-state index contributed by atoms with van der Waals surface area (Å²) in [6, 6.07) is 23.4. The highest BCUT2D eigenvalue weighted by Crippen LogP contribution is 2.40. The third-order valence-corrected chi connectivity index (χ3v) is 11.5. The van der Waals surface area contributed by atoms with Crippen molar-refractivity contribution in [3.05, 3.63) is 131 Å². The summed E-state index contributed by atoms with van der Waals surface area (Å²) in [5.41, 5.74) is 2.21. The van der Waals surface area contributed by atoms with Crippen molar-refractivity contribution in [2.24, 2.45) is 0 Å². The molecule has 0 saturated carbocycles. The van der Waals surface area contributed by atoms with E-state index in [-0.39, 0.29) is 20.9 Å². The zero-order valence-corrected chi connectivity index (χ0v) is 24.3. The molecule has 2 unspecified atom stereocenters. The van der Waals surface area contributed by atoms with E-state index in [1.807, 2.05) is 0 Å². The van der Waals surface area contributed by atoms with Crippen LogP contribution < -0.4 is 0 Å². The zero-order chi connectivity index (χ0) is 29.5. The molecule has 2 atom stereocenters. The molecule has 4 aromatic carbocycles. The Morgan fingerprint density at radius 2 is 0.976 bits per heavy atom. The van der Waals surface area contributed by atoms with Gasteiger partial charge in [0.25, 0.3) is 31.9 Å². The summed E-state index contributed by atoms with van der Waals surface area (Å²) in [5.74, 6) is -1.25. The first-order valence-corrected chi connectivity index (χ1v) is 15.8. The van der Waals surface area contributed by atoms with Gasteiger partial charge in [-0.2, -0.15) is 0 Å². The van der Waals surface area contributed by atoms with Crippen molar-refractivity contribution >= 4 is 31.9 Å². The van der Waals surface area contributed by atoms with E-state index in [1.165, 1.54) is 43.3 Å². The Morgan fingerprint density at radius 1 is 0.585 bits per heavy atom. The van der Waals surface area contributed by atoms with Crippen LogP contribution in [-0.2, 0) is 20.0 Å². The molecule has 0 aromatic heterocycles. The molecule has 210 valence electrons. The third-order valence-electron chi connectivity index (χ3n) is 7.17. The first kappa shape index (κ1) is 28.4. The Bertz CT molecular complexity index is 1730. The molecular formula is C31H28N2O6S2. The number of imide groups is 1. The largest absolute Gasteiger partial charge is 0.269 e. The van der Waals surface area contributed by atoms with E-state index >= 15 is 0 Å². The molecule has 4 aromatic rings. The average molecular weight is 589 g/mol. The van der Waals surface area contributed by atoms with E-state index in [9.17, 15) is 26.4 Å². The summed E-state index contributed by atoms with van der Waals surface area (Å²) in [7, 11) is -9.52. The van der Waals surface area contributed by atoms with Crippen LogP contribution in [0, 0.1) is 13.8 Å². The highest BCUT2D eigenvalue weighted by molar-refractivity contribution is 8.04. The number of amides is 2. The highest BCUT2D eigenvalue weighted by Gasteiger charge is 2.50. The Balaban J connectivity index is 1.76. The van der Waals surface area contributed by atoms with Crippen LogP contribution >= 0.6 is 0 Å². The molecule has 0 radical (unpaired) electrons. The minimum absolute atomic E-state index is 0.172. The maximum atomic E-state index is 14.4. The van der Waals surface area contributed by atoms with E-state index in [0.29, 0.717) is 9.27 Å². The van der Waals surface area contributed by atoms with Crippen LogP contribution in [0.5, 0.6) is 0 Å². The van der Waals surface area contributed by atoms with Crippen molar-refractivity contribution in [1.29, 1.82) is 0 Å². The number of carbonyl (C=O) groups excluding carboxylic acids is 2. The lowest BCUT2D eigenvalue weighted by molar-refractivity contribution is 0.0550. The van der Waals surface area contributed by atoms with Crippen LogP contribution in [0.2, 0.25) is 0 Å². The zero-order valence-electron chi connectivity index (χ0n) is 22.6. The standard InChI is InChI=1S/C31H28N2O6S2/c1-21-13-17-25(18-14-21)40(36,37)33(41(38,39)26-19-15-22(2)16-20-26)29(24-9-5-4-6-10-24)23(3)32-30(34)27-11-7-8-12-28(27)31(32)35/h4-20,23,29H,1-3H3. The monoisotopic (exact) mass is 588 g/mol. The van der Waals surface area contributed by atoms with Crippen LogP contribution in [0.3, 0.4) is 0 Å². The minimum atomic E-state index is -4.76. The van der Waals surface area contributed by atoms with Gasteiger partial charge in [0.05, 0.1) is 33.0 Å². The molecule has 1 aliphatic rings. The fourth-order valence-corrected chi connectivity index (χ4v) is 9.12. The van der Waals surface area contributed by atoms with E-state index in [2.05, 4.69) is 0 Å². The molecule has 0 N–H and O–H groups in total. The normalized spacial score (nSPS) is 15.2. The fourth-order valence-electron chi connectivity index (χ4n) is 5.00. The Hall–Kier alpha value is -4.12.